The van der Waals surface area contributed by atoms with E-state index in [-0.39, 0.29) is 36.1 Å². The van der Waals surface area contributed by atoms with Crippen molar-refractivity contribution in [1.29, 1.82) is 0 Å². The summed E-state index contributed by atoms with van der Waals surface area (Å²) in [6.07, 6.45) is 7.58. The lowest BCUT2D eigenvalue weighted by Crippen LogP contribution is -2.60. The summed E-state index contributed by atoms with van der Waals surface area (Å²) in [5.41, 5.74) is 5.75. The molecule has 2 aliphatic heterocycles. The quantitative estimate of drug-likeness (QED) is 0.765. The van der Waals surface area contributed by atoms with Crippen LogP contribution in [0.4, 0.5) is 0 Å². The number of nitrogens with zero attached hydrogens (tertiary/aromatic N) is 1. The molecule has 0 aromatic carbocycles. The summed E-state index contributed by atoms with van der Waals surface area (Å²) in [6.45, 7) is 4.80. The summed E-state index contributed by atoms with van der Waals surface area (Å²) >= 11 is 0. The Labute approximate surface area is 151 Å². The van der Waals surface area contributed by atoms with Crippen LogP contribution in [0.3, 0.4) is 0 Å². The zero-order chi connectivity index (χ0) is 16.1. The first-order chi connectivity index (χ1) is 11.2. The van der Waals surface area contributed by atoms with Gasteiger partial charge in [-0.05, 0) is 25.7 Å². The molecule has 0 aromatic heterocycles. The van der Waals surface area contributed by atoms with Crippen LogP contribution in [0, 0.1) is 0 Å². The van der Waals surface area contributed by atoms with Crippen molar-refractivity contribution in [3.05, 3.63) is 0 Å². The highest BCUT2D eigenvalue weighted by molar-refractivity contribution is 5.85. The molecule has 1 amide bonds. The second kappa shape index (κ2) is 9.34. The Kier molecular flexibility index (Phi) is 7.75. The van der Waals surface area contributed by atoms with E-state index < -0.39 is 0 Å². The molecule has 3 aliphatic rings. The third kappa shape index (κ3) is 4.61. The molecule has 3 fully saturated rings. The number of nitrogens with one attached hydrogen (secondary N) is 1. The van der Waals surface area contributed by atoms with Crippen molar-refractivity contribution >= 4 is 18.3 Å². The number of ether oxygens (including phenoxy) is 2. The molecule has 6 nitrogen and oxygen atoms in total. The van der Waals surface area contributed by atoms with Gasteiger partial charge in [0.2, 0.25) is 5.91 Å². The number of hydrogen-bond donors (Lipinski definition) is 2. The number of carbonyl (C=O) groups is 1. The summed E-state index contributed by atoms with van der Waals surface area (Å²) < 4.78 is 11.2. The number of halogens is 1. The van der Waals surface area contributed by atoms with Gasteiger partial charge in [0.05, 0.1) is 19.3 Å². The molecule has 1 aliphatic carbocycles. The summed E-state index contributed by atoms with van der Waals surface area (Å²) in [6, 6.07) is 0. The van der Waals surface area contributed by atoms with Gasteiger partial charge in [-0.15, -0.1) is 12.4 Å². The normalized spacial score (nSPS) is 30.5. The van der Waals surface area contributed by atoms with E-state index in [1.54, 1.807) is 0 Å². The van der Waals surface area contributed by atoms with E-state index in [1.165, 1.54) is 32.1 Å². The van der Waals surface area contributed by atoms with Crippen LogP contribution in [-0.2, 0) is 14.3 Å². The molecule has 0 aromatic rings. The number of rotatable bonds is 5. The Morgan fingerprint density at radius 3 is 2.50 bits per heavy atom. The van der Waals surface area contributed by atoms with Crippen molar-refractivity contribution in [2.24, 2.45) is 5.73 Å². The van der Waals surface area contributed by atoms with Crippen LogP contribution in [0.1, 0.15) is 44.9 Å². The van der Waals surface area contributed by atoms with E-state index >= 15 is 0 Å². The third-order valence-electron chi connectivity index (χ3n) is 5.72. The van der Waals surface area contributed by atoms with Crippen LogP contribution in [0.2, 0.25) is 0 Å². The fraction of sp³-hybridized carbons (Fsp3) is 0.941. The Morgan fingerprint density at radius 1 is 1.17 bits per heavy atom. The van der Waals surface area contributed by atoms with Crippen molar-refractivity contribution in [3.8, 4) is 0 Å². The van der Waals surface area contributed by atoms with Crippen LogP contribution < -0.4 is 11.1 Å². The molecule has 2 saturated heterocycles. The lowest BCUT2D eigenvalue weighted by molar-refractivity contribution is -0.133. The van der Waals surface area contributed by atoms with Gasteiger partial charge < -0.3 is 20.5 Å². The monoisotopic (exact) mass is 361 g/mol. The predicted molar refractivity (Wildman–Crippen MR) is 95.4 cm³/mol. The van der Waals surface area contributed by atoms with Gasteiger partial charge in [-0.25, -0.2) is 0 Å². The van der Waals surface area contributed by atoms with Crippen molar-refractivity contribution in [3.63, 3.8) is 0 Å². The SMILES string of the molecule is Cl.NC[C@H]1CC[C@@H](C(=O)NCC2(N3CCOCC3)CCCCC2)O1. The maximum absolute atomic E-state index is 12.5. The van der Waals surface area contributed by atoms with Crippen LogP contribution in [0.25, 0.3) is 0 Å². The van der Waals surface area contributed by atoms with Crippen molar-refractivity contribution < 1.29 is 14.3 Å². The van der Waals surface area contributed by atoms with Gasteiger partial charge in [0.25, 0.3) is 0 Å². The fourth-order valence-corrected chi connectivity index (χ4v) is 4.29. The molecule has 0 spiro atoms. The first kappa shape index (κ1) is 19.9. The van der Waals surface area contributed by atoms with E-state index in [9.17, 15) is 4.79 Å². The van der Waals surface area contributed by atoms with E-state index in [0.29, 0.717) is 6.54 Å². The molecular formula is C17H32ClN3O3. The number of carbonyl (C=O) groups excluding carboxylic acids is 1. The average molecular weight is 362 g/mol. The summed E-state index contributed by atoms with van der Waals surface area (Å²) in [7, 11) is 0. The predicted octanol–water partition coefficient (Wildman–Crippen LogP) is 1.07. The Hall–Kier alpha value is -0.400. The smallest absolute Gasteiger partial charge is 0.249 e. The maximum Gasteiger partial charge on any atom is 0.249 e. The highest BCUT2D eigenvalue weighted by Crippen LogP contribution is 2.34. The Morgan fingerprint density at radius 2 is 1.88 bits per heavy atom. The molecule has 3 rings (SSSR count). The molecule has 7 heteroatoms. The standard InChI is InChI=1S/C17H31N3O3.ClH/c18-12-14-4-5-15(23-14)16(21)19-13-17(6-2-1-3-7-17)20-8-10-22-11-9-20;/h14-15H,1-13,18H2,(H,19,21);1H/t14-,15+;/m1./s1. The molecule has 140 valence electrons. The van der Waals surface area contributed by atoms with E-state index in [0.717, 1.165) is 45.7 Å². The van der Waals surface area contributed by atoms with Gasteiger partial charge in [-0.2, -0.15) is 0 Å². The molecular weight excluding hydrogens is 330 g/mol. The first-order valence-corrected chi connectivity index (χ1v) is 9.19. The average Bonchev–Trinajstić information content (AvgIpc) is 3.10. The lowest BCUT2D eigenvalue weighted by Gasteiger charge is -2.48. The number of morpholine rings is 1. The first-order valence-electron chi connectivity index (χ1n) is 9.19. The number of amides is 1. The van der Waals surface area contributed by atoms with Crippen molar-refractivity contribution in [1.82, 2.24) is 10.2 Å². The van der Waals surface area contributed by atoms with Crippen LogP contribution in [-0.4, -0.2) is 67.9 Å². The summed E-state index contributed by atoms with van der Waals surface area (Å²) in [4.78, 5) is 15.0. The van der Waals surface area contributed by atoms with Gasteiger partial charge >= 0.3 is 0 Å². The third-order valence-corrected chi connectivity index (χ3v) is 5.72. The molecule has 0 bridgehead atoms. The van der Waals surface area contributed by atoms with Gasteiger partial charge in [-0.1, -0.05) is 19.3 Å². The topological polar surface area (TPSA) is 76.8 Å². The highest BCUT2D eigenvalue weighted by Gasteiger charge is 2.39. The minimum absolute atomic E-state index is 0. The van der Waals surface area contributed by atoms with Crippen molar-refractivity contribution in [2.75, 3.05) is 39.4 Å². The molecule has 0 radical (unpaired) electrons. The second-order valence-corrected chi connectivity index (χ2v) is 7.16. The van der Waals surface area contributed by atoms with Gasteiger partial charge in [-0.3, -0.25) is 9.69 Å². The summed E-state index contributed by atoms with van der Waals surface area (Å²) in [5.74, 6) is 0.0409. The fourth-order valence-electron chi connectivity index (χ4n) is 4.29. The van der Waals surface area contributed by atoms with Crippen LogP contribution in [0.15, 0.2) is 0 Å². The van der Waals surface area contributed by atoms with Crippen LogP contribution >= 0.6 is 12.4 Å². The zero-order valence-electron chi connectivity index (χ0n) is 14.5. The molecule has 3 N–H and O–H groups in total. The maximum atomic E-state index is 12.5. The van der Waals surface area contributed by atoms with Gasteiger partial charge in [0.15, 0.2) is 0 Å². The minimum atomic E-state index is -0.311. The summed E-state index contributed by atoms with van der Waals surface area (Å²) in [5, 5.41) is 3.19. The lowest BCUT2D eigenvalue weighted by atomic mass is 9.79. The Balaban J connectivity index is 0.00000208. The number of hydrogen-bond acceptors (Lipinski definition) is 5. The van der Waals surface area contributed by atoms with Gasteiger partial charge in [0.1, 0.15) is 6.10 Å². The molecule has 24 heavy (non-hydrogen) atoms. The largest absolute Gasteiger partial charge is 0.379 e. The van der Waals surface area contributed by atoms with Crippen molar-refractivity contribution in [2.45, 2.75) is 62.7 Å². The molecule has 2 atom stereocenters. The van der Waals surface area contributed by atoms with E-state index in [1.807, 2.05) is 0 Å². The zero-order valence-corrected chi connectivity index (χ0v) is 15.3. The second-order valence-electron chi connectivity index (χ2n) is 7.16. The van der Waals surface area contributed by atoms with E-state index in [4.69, 9.17) is 15.2 Å². The van der Waals surface area contributed by atoms with Gasteiger partial charge in [0, 0.05) is 31.7 Å². The highest BCUT2D eigenvalue weighted by atomic mass is 35.5. The number of nitrogens with two attached hydrogens (primary N) is 1. The minimum Gasteiger partial charge on any atom is -0.379 e. The van der Waals surface area contributed by atoms with Crippen LogP contribution in [0.5, 0.6) is 0 Å². The molecule has 2 heterocycles. The molecule has 0 unspecified atom stereocenters. The molecule has 1 saturated carbocycles. The Bertz CT molecular complexity index is 399. The van der Waals surface area contributed by atoms with E-state index in [2.05, 4.69) is 10.2 Å².